The van der Waals surface area contributed by atoms with Crippen LogP contribution < -0.4 is 12.3 Å². The smallest absolute Gasteiger partial charge is 0.0462 e. The fraction of sp³-hybridized carbons (Fsp3) is 0. The van der Waals surface area contributed by atoms with Crippen molar-refractivity contribution < 1.29 is 0 Å². The number of halogens is 1. The zero-order chi connectivity index (χ0) is 2.00. The van der Waals surface area contributed by atoms with Crippen molar-refractivity contribution in [3.8, 4) is 6.57 Å². The van der Waals surface area contributed by atoms with Crippen LogP contribution in [0.3, 0.4) is 0 Å². The third-order valence-corrected chi connectivity index (χ3v) is 0. The molecule has 0 saturated carbocycles. The Bertz CT molecular complexity index is 11.6. The average molecular weight is 97.5 g/mol. The minimum atomic E-state index is 0. The van der Waals surface area contributed by atoms with Crippen molar-refractivity contribution in [2.24, 2.45) is 0 Å². The molecular weight excluding hydrogens is 89.5 g/mol. The molecule has 34 valence electrons. The lowest BCUT2D eigenvalue weighted by atomic mass is 11.9. The van der Waals surface area contributed by atoms with E-state index in [0.717, 1.165) is 0 Å². The lowest BCUT2D eigenvalue weighted by Gasteiger charge is -0.668. The minimum Gasteiger partial charge on any atom is -0.344 e. The van der Waals surface area contributed by atoms with Crippen LogP contribution in [0.1, 0.15) is 0 Å². The van der Waals surface area contributed by atoms with Gasteiger partial charge < -0.3 is 12.3 Å². The Balaban J connectivity index is -0.00000000167. The molecule has 0 aromatic carbocycles. The van der Waals surface area contributed by atoms with Gasteiger partial charge in [0.25, 0.3) is 0 Å². The van der Waals surface area contributed by atoms with Gasteiger partial charge in [0.2, 0.25) is 0 Å². The second-order valence-electron chi connectivity index (χ2n) is 0. The normalized spacial score (nSPS) is 0.400. The zero-order valence-corrected chi connectivity index (χ0v) is 3.66. The average Bonchev–Trinajstić information content (AvgIpc) is 1.00. The van der Waals surface area contributed by atoms with E-state index >= 15 is 0 Å². The summed E-state index contributed by atoms with van der Waals surface area (Å²) < 4.78 is 0. The number of nitriles is 1. The van der Waals surface area contributed by atoms with Gasteiger partial charge in [-0.25, -0.2) is 5.26 Å². The van der Waals surface area contributed by atoms with Gasteiger partial charge in [0, 0.05) is 6.57 Å². The second kappa shape index (κ2) is 300. The Hall–Kier alpha value is -0.300. The summed E-state index contributed by atoms with van der Waals surface area (Å²) in [6, 6.07) is 0. The number of hydrogen-bond donors (Lipinski definition) is 2. The van der Waals surface area contributed by atoms with Crippen molar-refractivity contribution in [3.63, 3.8) is 0 Å². The van der Waals surface area contributed by atoms with Crippen molar-refractivity contribution in [2.75, 3.05) is 0 Å². The lowest BCUT2D eigenvalue weighted by molar-refractivity contribution is 1.58. The first-order chi connectivity index (χ1) is 1.00. The molecule has 0 aromatic heterocycles. The largest absolute Gasteiger partial charge is 0.344 e. The molecule has 0 heterocycles. The van der Waals surface area contributed by atoms with E-state index < -0.39 is 0 Å². The van der Waals surface area contributed by atoms with Crippen molar-refractivity contribution >= 4 is 12.4 Å². The highest BCUT2D eigenvalue weighted by Crippen LogP contribution is 0.690. The maximum atomic E-state index is 6.50. The Labute approximate surface area is 37.6 Å². The van der Waals surface area contributed by atoms with Gasteiger partial charge in [-0.3, -0.25) is 0 Å². The van der Waals surface area contributed by atoms with Crippen LogP contribution in [0.5, 0.6) is 0 Å². The molecule has 4 heteroatoms. The first kappa shape index (κ1) is 131. The second-order valence-corrected chi connectivity index (χ2v) is 0. The lowest BCUT2D eigenvalue weighted by Crippen LogP contribution is -0.569. The van der Waals surface area contributed by atoms with Crippen LogP contribution in [0.25, 0.3) is 0 Å². The van der Waals surface area contributed by atoms with E-state index in [0.29, 0.717) is 0 Å². The van der Waals surface area contributed by atoms with E-state index in [-0.39, 0.29) is 24.7 Å². The zero-order valence-electron chi connectivity index (χ0n) is 2.85. The Kier molecular flexibility index (Phi) is 7870. The summed E-state index contributed by atoms with van der Waals surface area (Å²) in [6.45, 7) is 3.50. The summed E-state index contributed by atoms with van der Waals surface area (Å²) >= 11 is 0. The van der Waals surface area contributed by atoms with Crippen molar-refractivity contribution in [1.29, 1.82) is 5.26 Å². The third-order valence-electron chi connectivity index (χ3n) is 0. The maximum Gasteiger partial charge on any atom is 0.0462 e. The van der Waals surface area contributed by atoms with E-state index in [1.54, 1.807) is 0 Å². The van der Waals surface area contributed by atoms with Crippen LogP contribution in [-0.4, -0.2) is 0 Å². The molecule has 3 nitrogen and oxygen atoms in total. The van der Waals surface area contributed by atoms with Gasteiger partial charge in [-0.15, -0.1) is 12.4 Å². The molecule has 0 fully saturated rings. The van der Waals surface area contributed by atoms with E-state index in [9.17, 15) is 0 Å². The molecule has 0 amide bonds. The molecule has 0 aliphatic rings. The summed E-state index contributed by atoms with van der Waals surface area (Å²) in [5.74, 6) is 0. The van der Waals surface area contributed by atoms with Gasteiger partial charge in [-0.2, -0.15) is 0 Å². The van der Waals surface area contributed by atoms with Crippen molar-refractivity contribution in [2.45, 2.75) is 0 Å². The fourth-order valence-electron chi connectivity index (χ4n) is 0. The molecule has 0 aliphatic heterocycles. The standard InChI is InChI=1S/CHN.ClH.2H3N/c1-2;;;/h1H;1H;2*1H3. The molecule has 6 N–H and O–H groups in total. The Morgan fingerprint density at radius 2 is 1.00 bits per heavy atom. The van der Waals surface area contributed by atoms with Crippen LogP contribution in [-0.2, 0) is 0 Å². The summed E-state index contributed by atoms with van der Waals surface area (Å²) in [7, 11) is 0. The monoisotopic (exact) mass is 97.0 g/mol. The first-order valence-electron chi connectivity index (χ1n) is 0.258. The van der Waals surface area contributed by atoms with Crippen LogP contribution >= 0.6 is 12.4 Å². The van der Waals surface area contributed by atoms with Gasteiger partial charge in [0.1, 0.15) is 0 Å². The molecule has 0 spiro atoms. The van der Waals surface area contributed by atoms with E-state index in [2.05, 4.69) is 6.57 Å². The van der Waals surface area contributed by atoms with Gasteiger partial charge in [-0.1, -0.05) is 0 Å². The number of nitrogens with zero attached hydrogens (tertiary/aromatic N) is 1. The molecule has 0 saturated heterocycles. The molecule has 0 atom stereocenters. The van der Waals surface area contributed by atoms with Crippen LogP contribution in [0.2, 0.25) is 0 Å². The topological polar surface area (TPSA) is 93.8 Å². The summed E-state index contributed by atoms with van der Waals surface area (Å²) in [4.78, 5) is 0. The molecule has 5 heavy (non-hydrogen) atoms. The van der Waals surface area contributed by atoms with Gasteiger partial charge in [-0.05, 0) is 0 Å². The summed E-state index contributed by atoms with van der Waals surface area (Å²) in [5.41, 5.74) is 0. The predicted molar refractivity (Wildman–Crippen MR) is 24.0 cm³/mol. The highest BCUT2D eigenvalue weighted by molar-refractivity contribution is 5.85. The maximum absolute atomic E-state index is 6.50. The molecule has 0 aliphatic carbocycles. The van der Waals surface area contributed by atoms with E-state index in [1.807, 2.05) is 0 Å². The summed E-state index contributed by atoms with van der Waals surface area (Å²) in [5, 5.41) is 6.50. The van der Waals surface area contributed by atoms with Gasteiger partial charge in [0.05, 0.1) is 0 Å². The molecule has 0 rings (SSSR count). The number of rotatable bonds is 0. The molecule has 0 bridgehead atoms. The number of hydrogen-bond acceptors (Lipinski definition) is 3. The van der Waals surface area contributed by atoms with Crippen molar-refractivity contribution in [1.82, 2.24) is 12.3 Å². The van der Waals surface area contributed by atoms with Gasteiger partial charge >= 0.3 is 0 Å². The SMILES string of the molecule is C#N.Cl.N.N. The Morgan fingerprint density at radius 3 is 1.00 bits per heavy atom. The molecule has 0 aromatic rings. The highest BCUT2D eigenvalue weighted by atomic mass is 35.5. The Morgan fingerprint density at radius 1 is 1.00 bits per heavy atom. The van der Waals surface area contributed by atoms with Crippen LogP contribution in [0, 0.1) is 11.8 Å². The first-order valence-corrected chi connectivity index (χ1v) is 0.258. The quantitative estimate of drug-likeness (QED) is 0.470. The molecular formula is CH8ClN3. The molecule has 0 radical (unpaired) electrons. The fourth-order valence-corrected chi connectivity index (χ4v) is 0. The van der Waals surface area contributed by atoms with E-state index in [1.165, 1.54) is 0 Å². The minimum absolute atomic E-state index is 0. The molecule has 0 unspecified atom stereocenters. The van der Waals surface area contributed by atoms with Crippen LogP contribution in [0.15, 0.2) is 0 Å². The van der Waals surface area contributed by atoms with Crippen LogP contribution in [0.4, 0.5) is 0 Å². The predicted octanol–water partition coefficient (Wildman–Crippen LogP) is 0.886. The highest BCUT2D eigenvalue weighted by Gasteiger charge is 0.513. The van der Waals surface area contributed by atoms with Gasteiger partial charge in [0.15, 0.2) is 0 Å². The van der Waals surface area contributed by atoms with Crippen molar-refractivity contribution in [3.05, 3.63) is 0 Å². The third kappa shape index (κ3) is 119. The summed E-state index contributed by atoms with van der Waals surface area (Å²) in [6.07, 6.45) is 0. The van der Waals surface area contributed by atoms with E-state index in [4.69, 9.17) is 5.26 Å².